The molecule has 3 N–H and O–H groups in total. The van der Waals surface area contributed by atoms with E-state index in [0.717, 1.165) is 11.3 Å². The van der Waals surface area contributed by atoms with Crippen molar-refractivity contribution in [2.45, 2.75) is 6.92 Å². The molecule has 0 aromatic heterocycles. The van der Waals surface area contributed by atoms with Crippen LogP contribution in [0, 0.1) is 0 Å². The predicted octanol–water partition coefficient (Wildman–Crippen LogP) is 2.49. The van der Waals surface area contributed by atoms with Crippen LogP contribution in [0.1, 0.15) is 22.8 Å². The monoisotopic (exact) mass is 296 g/mol. The molecule has 0 fully saturated rings. The first-order chi connectivity index (χ1) is 10.5. The second-order valence-corrected chi connectivity index (χ2v) is 5.20. The Balaban J connectivity index is 2.07. The molecule has 0 atom stereocenters. The SMILES string of the molecule is CC(=NNC(=O)c1ccc(N(C)C)cc1)c1cccc(N)c1. The third-order valence-corrected chi connectivity index (χ3v) is 3.28. The molecule has 114 valence electrons. The number of benzene rings is 2. The molecule has 2 rings (SSSR count). The number of nitrogens with zero attached hydrogens (tertiary/aromatic N) is 2. The van der Waals surface area contributed by atoms with Crippen LogP contribution in [0.3, 0.4) is 0 Å². The van der Waals surface area contributed by atoms with E-state index >= 15 is 0 Å². The zero-order valence-corrected chi connectivity index (χ0v) is 13.0. The normalized spacial score (nSPS) is 11.1. The van der Waals surface area contributed by atoms with Crippen LogP contribution in [0.15, 0.2) is 53.6 Å². The number of rotatable bonds is 4. The van der Waals surface area contributed by atoms with Crippen LogP contribution in [0.5, 0.6) is 0 Å². The van der Waals surface area contributed by atoms with E-state index < -0.39 is 0 Å². The van der Waals surface area contributed by atoms with E-state index in [1.54, 1.807) is 12.1 Å². The van der Waals surface area contributed by atoms with Crippen molar-refractivity contribution in [2.75, 3.05) is 24.7 Å². The van der Waals surface area contributed by atoms with Crippen LogP contribution in [0.4, 0.5) is 11.4 Å². The zero-order chi connectivity index (χ0) is 16.1. The van der Waals surface area contributed by atoms with E-state index in [0.29, 0.717) is 17.0 Å². The molecule has 0 saturated carbocycles. The lowest BCUT2D eigenvalue weighted by atomic mass is 10.1. The second kappa shape index (κ2) is 6.76. The minimum Gasteiger partial charge on any atom is -0.399 e. The molecule has 0 saturated heterocycles. The van der Waals surface area contributed by atoms with Crippen molar-refractivity contribution in [3.05, 3.63) is 59.7 Å². The van der Waals surface area contributed by atoms with Gasteiger partial charge in [0.2, 0.25) is 0 Å². The van der Waals surface area contributed by atoms with Crippen molar-refractivity contribution in [3.63, 3.8) is 0 Å². The Morgan fingerprint density at radius 2 is 1.77 bits per heavy atom. The Morgan fingerprint density at radius 3 is 2.36 bits per heavy atom. The summed E-state index contributed by atoms with van der Waals surface area (Å²) in [5, 5.41) is 4.12. The van der Waals surface area contributed by atoms with Crippen LogP contribution < -0.4 is 16.1 Å². The summed E-state index contributed by atoms with van der Waals surface area (Å²) in [6.45, 7) is 1.82. The number of carbonyl (C=O) groups excluding carboxylic acids is 1. The molecule has 0 heterocycles. The molecular formula is C17H20N4O. The van der Waals surface area contributed by atoms with Crippen LogP contribution in [-0.2, 0) is 0 Å². The second-order valence-electron chi connectivity index (χ2n) is 5.20. The van der Waals surface area contributed by atoms with Gasteiger partial charge in [0, 0.05) is 31.0 Å². The fraction of sp³-hybridized carbons (Fsp3) is 0.176. The highest BCUT2D eigenvalue weighted by Gasteiger charge is 2.05. The summed E-state index contributed by atoms with van der Waals surface area (Å²) in [7, 11) is 3.91. The minimum absolute atomic E-state index is 0.242. The number of amides is 1. The van der Waals surface area contributed by atoms with Gasteiger partial charge in [-0.15, -0.1) is 0 Å². The van der Waals surface area contributed by atoms with Gasteiger partial charge in [-0.05, 0) is 48.9 Å². The maximum atomic E-state index is 12.1. The van der Waals surface area contributed by atoms with Crippen molar-refractivity contribution in [1.29, 1.82) is 0 Å². The topological polar surface area (TPSA) is 70.7 Å². The van der Waals surface area contributed by atoms with E-state index in [2.05, 4.69) is 10.5 Å². The summed E-state index contributed by atoms with van der Waals surface area (Å²) in [4.78, 5) is 14.0. The van der Waals surface area contributed by atoms with Gasteiger partial charge in [-0.1, -0.05) is 12.1 Å². The first-order valence-corrected chi connectivity index (χ1v) is 6.95. The van der Waals surface area contributed by atoms with Gasteiger partial charge in [0.25, 0.3) is 5.91 Å². The van der Waals surface area contributed by atoms with Crippen molar-refractivity contribution in [3.8, 4) is 0 Å². The molecule has 2 aromatic rings. The number of hydrogen-bond acceptors (Lipinski definition) is 4. The van der Waals surface area contributed by atoms with Gasteiger partial charge in [-0.2, -0.15) is 5.10 Å². The van der Waals surface area contributed by atoms with Crippen LogP contribution >= 0.6 is 0 Å². The Kier molecular flexibility index (Phi) is 4.78. The van der Waals surface area contributed by atoms with Gasteiger partial charge in [0.15, 0.2) is 0 Å². The molecule has 2 aromatic carbocycles. The highest BCUT2D eigenvalue weighted by Crippen LogP contribution is 2.12. The quantitative estimate of drug-likeness (QED) is 0.517. The number of hydrogen-bond donors (Lipinski definition) is 2. The summed E-state index contributed by atoms with van der Waals surface area (Å²) in [5.41, 5.74) is 12.1. The molecule has 0 aliphatic heterocycles. The van der Waals surface area contributed by atoms with Gasteiger partial charge in [-0.25, -0.2) is 5.43 Å². The van der Waals surface area contributed by atoms with Gasteiger partial charge in [0.1, 0.15) is 0 Å². The lowest BCUT2D eigenvalue weighted by Crippen LogP contribution is -2.19. The molecule has 0 aliphatic carbocycles. The average Bonchev–Trinajstić information content (AvgIpc) is 2.52. The average molecular weight is 296 g/mol. The molecule has 0 spiro atoms. The first-order valence-electron chi connectivity index (χ1n) is 6.95. The molecule has 0 radical (unpaired) electrons. The van der Waals surface area contributed by atoms with E-state index in [1.165, 1.54) is 0 Å². The molecular weight excluding hydrogens is 276 g/mol. The molecule has 0 aliphatic rings. The molecule has 1 amide bonds. The molecule has 0 bridgehead atoms. The number of nitrogen functional groups attached to an aromatic ring is 1. The van der Waals surface area contributed by atoms with Crippen LogP contribution in [0.25, 0.3) is 0 Å². The summed E-state index contributed by atoms with van der Waals surface area (Å²) in [6, 6.07) is 14.7. The number of anilines is 2. The zero-order valence-electron chi connectivity index (χ0n) is 13.0. The lowest BCUT2D eigenvalue weighted by Gasteiger charge is -2.12. The van der Waals surface area contributed by atoms with Crippen molar-refractivity contribution in [1.82, 2.24) is 5.43 Å². The molecule has 0 unspecified atom stereocenters. The van der Waals surface area contributed by atoms with Gasteiger partial charge >= 0.3 is 0 Å². The predicted molar refractivity (Wildman–Crippen MR) is 91.3 cm³/mol. The summed E-state index contributed by atoms with van der Waals surface area (Å²) >= 11 is 0. The maximum absolute atomic E-state index is 12.1. The minimum atomic E-state index is -0.242. The standard InChI is InChI=1S/C17H20N4O/c1-12(14-5-4-6-15(18)11-14)19-20-17(22)13-7-9-16(10-8-13)21(2)3/h4-11H,18H2,1-3H3,(H,20,22). The summed E-state index contributed by atoms with van der Waals surface area (Å²) in [6.07, 6.45) is 0. The number of nitrogens with two attached hydrogens (primary N) is 1. The Labute approximate surface area is 130 Å². The Bertz CT molecular complexity index is 690. The van der Waals surface area contributed by atoms with Crippen LogP contribution in [-0.4, -0.2) is 25.7 Å². The highest BCUT2D eigenvalue weighted by molar-refractivity contribution is 6.01. The van der Waals surface area contributed by atoms with E-state index in [-0.39, 0.29) is 5.91 Å². The largest absolute Gasteiger partial charge is 0.399 e. The Hall–Kier alpha value is -2.82. The highest BCUT2D eigenvalue weighted by atomic mass is 16.2. The molecule has 5 nitrogen and oxygen atoms in total. The number of hydrazone groups is 1. The fourth-order valence-electron chi connectivity index (χ4n) is 1.94. The molecule has 22 heavy (non-hydrogen) atoms. The number of carbonyl (C=O) groups is 1. The van der Waals surface area contributed by atoms with Crippen molar-refractivity contribution in [2.24, 2.45) is 5.10 Å². The fourth-order valence-corrected chi connectivity index (χ4v) is 1.94. The van der Waals surface area contributed by atoms with Gasteiger partial charge in [0.05, 0.1) is 5.71 Å². The van der Waals surface area contributed by atoms with E-state index in [9.17, 15) is 4.79 Å². The third-order valence-electron chi connectivity index (χ3n) is 3.28. The number of nitrogens with one attached hydrogen (secondary N) is 1. The van der Waals surface area contributed by atoms with Gasteiger partial charge < -0.3 is 10.6 Å². The summed E-state index contributed by atoms with van der Waals surface area (Å²) in [5.74, 6) is -0.242. The summed E-state index contributed by atoms with van der Waals surface area (Å²) < 4.78 is 0. The lowest BCUT2D eigenvalue weighted by molar-refractivity contribution is 0.0955. The smallest absolute Gasteiger partial charge is 0.271 e. The molecule has 5 heteroatoms. The van der Waals surface area contributed by atoms with E-state index in [4.69, 9.17) is 5.73 Å². The van der Waals surface area contributed by atoms with Crippen molar-refractivity contribution < 1.29 is 4.79 Å². The van der Waals surface area contributed by atoms with E-state index in [1.807, 2.05) is 62.3 Å². The van der Waals surface area contributed by atoms with Crippen LogP contribution in [0.2, 0.25) is 0 Å². The Morgan fingerprint density at radius 1 is 1.09 bits per heavy atom. The first kappa shape index (κ1) is 15.6. The van der Waals surface area contributed by atoms with Gasteiger partial charge in [-0.3, -0.25) is 4.79 Å². The third kappa shape index (κ3) is 3.85. The maximum Gasteiger partial charge on any atom is 0.271 e. The van der Waals surface area contributed by atoms with Crippen molar-refractivity contribution >= 4 is 23.0 Å².